The number of rotatable bonds is 5. The molecule has 2 N–H and O–H groups in total. The van der Waals surface area contributed by atoms with Gasteiger partial charge in [-0.2, -0.15) is 9.97 Å². The Labute approximate surface area is 136 Å². The summed E-state index contributed by atoms with van der Waals surface area (Å²) in [5.74, 6) is 0. The standard InChI is InChI=1S/C17H22N4O2/c1-5-13-9-7-8-10-14(13)20-16(22)21-15-11(3)18-17(23-6-2)19-12(15)4/h7-10H,5-6H2,1-4H3,(H2,20,21,22). The molecule has 0 aliphatic rings. The van der Waals surface area contributed by atoms with Gasteiger partial charge >= 0.3 is 12.0 Å². The highest BCUT2D eigenvalue weighted by atomic mass is 16.5. The number of carbonyl (C=O) groups is 1. The Bertz CT molecular complexity index is 678. The molecule has 1 aromatic carbocycles. The van der Waals surface area contributed by atoms with Crippen molar-refractivity contribution < 1.29 is 9.53 Å². The summed E-state index contributed by atoms with van der Waals surface area (Å²) in [6.07, 6.45) is 0.848. The van der Waals surface area contributed by atoms with Crippen LogP contribution in [0.25, 0.3) is 0 Å². The van der Waals surface area contributed by atoms with Crippen LogP contribution in [-0.2, 0) is 6.42 Å². The molecule has 0 aliphatic heterocycles. The molecule has 0 atom stereocenters. The molecule has 6 heteroatoms. The van der Waals surface area contributed by atoms with Gasteiger partial charge in [0.15, 0.2) is 0 Å². The van der Waals surface area contributed by atoms with Gasteiger partial charge in [-0.3, -0.25) is 0 Å². The minimum absolute atomic E-state index is 0.315. The van der Waals surface area contributed by atoms with Crippen LogP contribution in [-0.4, -0.2) is 22.6 Å². The first kappa shape index (κ1) is 16.7. The van der Waals surface area contributed by atoms with Crippen LogP contribution in [0, 0.1) is 13.8 Å². The molecule has 1 heterocycles. The number of urea groups is 1. The summed E-state index contributed by atoms with van der Waals surface area (Å²) in [7, 11) is 0. The number of hydrogen-bond donors (Lipinski definition) is 2. The van der Waals surface area contributed by atoms with Crippen molar-refractivity contribution in [2.45, 2.75) is 34.1 Å². The van der Waals surface area contributed by atoms with Crippen molar-refractivity contribution in [3.8, 4) is 6.01 Å². The van der Waals surface area contributed by atoms with Crippen LogP contribution in [0.3, 0.4) is 0 Å². The molecule has 0 spiro atoms. The number of nitrogens with one attached hydrogen (secondary N) is 2. The number of hydrogen-bond acceptors (Lipinski definition) is 4. The minimum Gasteiger partial charge on any atom is -0.464 e. The number of ether oxygens (including phenoxy) is 1. The van der Waals surface area contributed by atoms with Crippen LogP contribution >= 0.6 is 0 Å². The number of carbonyl (C=O) groups excluding carboxylic acids is 1. The van der Waals surface area contributed by atoms with E-state index in [-0.39, 0.29) is 6.03 Å². The van der Waals surface area contributed by atoms with E-state index in [0.717, 1.165) is 17.7 Å². The molecule has 23 heavy (non-hydrogen) atoms. The monoisotopic (exact) mass is 314 g/mol. The second-order valence-corrected chi connectivity index (χ2v) is 5.07. The molecule has 122 valence electrons. The third kappa shape index (κ3) is 4.18. The van der Waals surface area contributed by atoms with E-state index in [9.17, 15) is 4.79 Å². The van der Waals surface area contributed by atoms with Crippen LogP contribution in [0.2, 0.25) is 0 Å². The van der Waals surface area contributed by atoms with Crippen molar-refractivity contribution in [2.24, 2.45) is 0 Å². The summed E-state index contributed by atoms with van der Waals surface area (Å²) >= 11 is 0. The molecular formula is C17H22N4O2. The van der Waals surface area contributed by atoms with E-state index in [4.69, 9.17) is 4.74 Å². The quantitative estimate of drug-likeness (QED) is 0.882. The van der Waals surface area contributed by atoms with E-state index in [1.807, 2.05) is 52.0 Å². The fraction of sp³-hybridized carbons (Fsp3) is 0.353. The van der Waals surface area contributed by atoms with Crippen molar-refractivity contribution in [3.63, 3.8) is 0 Å². The van der Waals surface area contributed by atoms with Gasteiger partial charge in [-0.15, -0.1) is 0 Å². The zero-order chi connectivity index (χ0) is 16.8. The molecule has 0 saturated heterocycles. The molecule has 6 nitrogen and oxygen atoms in total. The molecule has 0 radical (unpaired) electrons. The van der Waals surface area contributed by atoms with Crippen LogP contribution in [0.1, 0.15) is 30.8 Å². The predicted molar refractivity (Wildman–Crippen MR) is 91.1 cm³/mol. The predicted octanol–water partition coefficient (Wildman–Crippen LogP) is 3.70. The summed E-state index contributed by atoms with van der Waals surface area (Å²) in [5, 5.41) is 5.68. The van der Waals surface area contributed by atoms with Gasteiger partial charge in [0.25, 0.3) is 0 Å². The Morgan fingerprint density at radius 2 is 1.74 bits per heavy atom. The fourth-order valence-corrected chi connectivity index (χ4v) is 2.28. The molecule has 2 rings (SSSR count). The number of anilines is 2. The van der Waals surface area contributed by atoms with Crippen molar-refractivity contribution in [3.05, 3.63) is 41.2 Å². The van der Waals surface area contributed by atoms with Gasteiger partial charge in [0.05, 0.1) is 23.7 Å². The number of aromatic nitrogens is 2. The number of para-hydroxylation sites is 1. The molecule has 0 aliphatic carbocycles. The molecule has 0 unspecified atom stereocenters. The smallest absolute Gasteiger partial charge is 0.323 e. The van der Waals surface area contributed by atoms with E-state index in [2.05, 4.69) is 20.6 Å². The van der Waals surface area contributed by atoms with E-state index in [1.54, 1.807) is 0 Å². The zero-order valence-corrected chi connectivity index (χ0v) is 13.9. The van der Waals surface area contributed by atoms with E-state index in [1.165, 1.54) is 0 Å². The van der Waals surface area contributed by atoms with E-state index >= 15 is 0 Å². The van der Waals surface area contributed by atoms with Crippen LogP contribution in [0.4, 0.5) is 16.2 Å². The van der Waals surface area contributed by atoms with Crippen LogP contribution < -0.4 is 15.4 Å². The van der Waals surface area contributed by atoms with Gasteiger partial charge in [0.1, 0.15) is 0 Å². The Balaban J connectivity index is 2.14. The number of aryl methyl sites for hydroxylation is 3. The average Bonchev–Trinajstić information content (AvgIpc) is 2.52. The fourth-order valence-electron chi connectivity index (χ4n) is 2.28. The minimum atomic E-state index is -0.315. The van der Waals surface area contributed by atoms with Gasteiger partial charge in [-0.05, 0) is 38.8 Å². The molecule has 1 aromatic heterocycles. The third-order valence-electron chi connectivity index (χ3n) is 3.41. The average molecular weight is 314 g/mol. The molecule has 2 aromatic rings. The Kier molecular flexibility index (Phi) is 5.51. The second kappa shape index (κ2) is 7.58. The highest BCUT2D eigenvalue weighted by Gasteiger charge is 2.13. The van der Waals surface area contributed by atoms with E-state index < -0.39 is 0 Å². The topological polar surface area (TPSA) is 76.1 Å². The SMILES string of the molecule is CCOc1nc(C)c(NC(=O)Nc2ccccc2CC)c(C)n1. The first-order valence-corrected chi connectivity index (χ1v) is 7.69. The van der Waals surface area contributed by atoms with Crippen molar-refractivity contribution in [1.82, 2.24) is 9.97 Å². The zero-order valence-electron chi connectivity index (χ0n) is 13.9. The van der Waals surface area contributed by atoms with Gasteiger partial charge in [0.2, 0.25) is 0 Å². The molecule has 2 amide bonds. The summed E-state index contributed by atoms with van der Waals surface area (Å²) in [6, 6.07) is 7.73. The van der Waals surface area contributed by atoms with Gasteiger partial charge < -0.3 is 15.4 Å². The largest absolute Gasteiger partial charge is 0.464 e. The molecule has 0 bridgehead atoms. The van der Waals surface area contributed by atoms with Crippen LogP contribution in [0.5, 0.6) is 6.01 Å². The lowest BCUT2D eigenvalue weighted by molar-refractivity contribution is 0.262. The molecular weight excluding hydrogens is 292 g/mol. The molecule has 0 fully saturated rings. The Hall–Kier alpha value is -2.63. The van der Waals surface area contributed by atoms with Gasteiger partial charge in [-0.25, -0.2) is 4.79 Å². The van der Waals surface area contributed by atoms with Crippen LogP contribution in [0.15, 0.2) is 24.3 Å². The lowest BCUT2D eigenvalue weighted by Crippen LogP contribution is -2.22. The lowest BCUT2D eigenvalue weighted by Gasteiger charge is -2.14. The van der Waals surface area contributed by atoms with Gasteiger partial charge in [-0.1, -0.05) is 25.1 Å². The third-order valence-corrected chi connectivity index (χ3v) is 3.41. The second-order valence-electron chi connectivity index (χ2n) is 5.07. The first-order chi connectivity index (χ1) is 11.0. The Morgan fingerprint density at radius 3 is 2.35 bits per heavy atom. The van der Waals surface area contributed by atoms with E-state index in [0.29, 0.717) is 29.7 Å². The van der Waals surface area contributed by atoms with Crippen molar-refractivity contribution in [2.75, 3.05) is 17.2 Å². The van der Waals surface area contributed by atoms with Gasteiger partial charge in [0, 0.05) is 5.69 Å². The maximum absolute atomic E-state index is 12.3. The van der Waals surface area contributed by atoms with Crippen molar-refractivity contribution >= 4 is 17.4 Å². The summed E-state index contributed by atoms with van der Waals surface area (Å²) < 4.78 is 5.30. The van der Waals surface area contributed by atoms with Crippen molar-refractivity contribution in [1.29, 1.82) is 0 Å². The summed E-state index contributed by atoms with van der Waals surface area (Å²) in [4.78, 5) is 20.7. The normalized spacial score (nSPS) is 10.3. The number of nitrogens with zero attached hydrogens (tertiary/aromatic N) is 2. The highest BCUT2D eigenvalue weighted by Crippen LogP contribution is 2.21. The number of benzene rings is 1. The number of amides is 2. The summed E-state index contributed by atoms with van der Waals surface area (Å²) in [5.41, 5.74) is 3.81. The lowest BCUT2D eigenvalue weighted by atomic mass is 10.1. The summed E-state index contributed by atoms with van der Waals surface area (Å²) in [6.45, 7) is 8.05. The maximum atomic E-state index is 12.3. The Morgan fingerprint density at radius 1 is 1.09 bits per heavy atom. The first-order valence-electron chi connectivity index (χ1n) is 7.69. The molecule has 0 saturated carbocycles. The maximum Gasteiger partial charge on any atom is 0.323 e. The highest BCUT2D eigenvalue weighted by molar-refractivity contribution is 6.00.